The number of hydrogen-bond donors (Lipinski definition) is 2. The maximum absolute atomic E-state index is 12.4. The minimum atomic E-state index is -0.457. The third kappa shape index (κ3) is 3.73. The summed E-state index contributed by atoms with van der Waals surface area (Å²) in [4.78, 5) is 29.6. The zero-order valence-corrected chi connectivity index (χ0v) is 15.1. The highest BCUT2D eigenvalue weighted by Gasteiger charge is 2.18. The normalized spacial score (nSPS) is 10.2. The van der Waals surface area contributed by atoms with E-state index in [1.54, 1.807) is 31.2 Å². The number of ether oxygens (including phenoxy) is 1. The van der Waals surface area contributed by atoms with Crippen LogP contribution >= 0.6 is 11.3 Å². The van der Waals surface area contributed by atoms with E-state index in [-0.39, 0.29) is 0 Å². The second kappa shape index (κ2) is 7.79. The van der Waals surface area contributed by atoms with E-state index in [0.29, 0.717) is 21.9 Å². The highest BCUT2D eigenvalue weighted by atomic mass is 32.1. The molecule has 2 N–H and O–H groups in total. The predicted molar refractivity (Wildman–Crippen MR) is 100 cm³/mol. The third-order valence-corrected chi connectivity index (χ3v) is 4.87. The largest absolute Gasteiger partial charge is 0.496 e. The van der Waals surface area contributed by atoms with Crippen LogP contribution in [-0.2, 0) is 0 Å². The number of amides is 2. The summed E-state index contributed by atoms with van der Waals surface area (Å²) in [5.41, 5.74) is 6.73. The molecule has 1 heterocycles. The first-order valence-electron chi connectivity index (χ1n) is 7.86. The van der Waals surface area contributed by atoms with Gasteiger partial charge in [0.25, 0.3) is 11.8 Å². The minimum Gasteiger partial charge on any atom is -0.496 e. The van der Waals surface area contributed by atoms with Crippen LogP contribution in [0.15, 0.2) is 54.6 Å². The lowest BCUT2D eigenvalue weighted by Gasteiger charge is -2.09. The van der Waals surface area contributed by atoms with Crippen molar-refractivity contribution < 1.29 is 14.3 Å². The van der Waals surface area contributed by atoms with Crippen molar-refractivity contribution in [3.8, 4) is 16.3 Å². The van der Waals surface area contributed by atoms with E-state index in [1.807, 2.05) is 30.3 Å². The molecule has 2 amide bonds. The fourth-order valence-electron chi connectivity index (χ4n) is 2.38. The molecule has 0 bridgehead atoms. The Morgan fingerprint density at radius 2 is 1.62 bits per heavy atom. The molecule has 2 aromatic carbocycles. The Morgan fingerprint density at radius 3 is 2.35 bits per heavy atom. The van der Waals surface area contributed by atoms with E-state index in [9.17, 15) is 9.59 Å². The molecule has 3 rings (SSSR count). The Bertz CT molecular complexity index is 938. The Hall–Kier alpha value is -3.19. The molecular weight excluding hydrogens is 350 g/mol. The summed E-state index contributed by atoms with van der Waals surface area (Å²) in [6, 6.07) is 16.4. The molecule has 0 radical (unpaired) electrons. The van der Waals surface area contributed by atoms with Crippen LogP contribution in [0.5, 0.6) is 5.75 Å². The third-order valence-electron chi connectivity index (χ3n) is 3.66. The number of thiazole rings is 1. The van der Waals surface area contributed by atoms with Crippen LogP contribution in [0.2, 0.25) is 0 Å². The summed E-state index contributed by atoms with van der Waals surface area (Å²) in [6.45, 7) is 1.76. The standard InChI is InChI=1S/C19H17N3O3S/c1-12-16(26-19(20-12)13-8-4-3-5-9-13)18(24)22-21-17(23)14-10-6-7-11-15(14)25-2/h3-11H,1-2H3,(H,21,23)(H,22,24). The van der Waals surface area contributed by atoms with Crippen molar-refractivity contribution in [1.29, 1.82) is 0 Å². The van der Waals surface area contributed by atoms with Gasteiger partial charge < -0.3 is 4.74 Å². The monoisotopic (exact) mass is 367 g/mol. The quantitative estimate of drug-likeness (QED) is 0.694. The molecule has 0 unspecified atom stereocenters. The number of nitrogens with one attached hydrogen (secondary N) is 2. The Kier molecular flexibility index (Phi) is 5.28. The van der Waals surface area contributed by atoms with Gasteiger partial charge in [0.15, 0.2) is 0 Å². The number of hydrogen-bond acceptors (Lipinski definition) is 5. The van der Waals surface area contributed by atoms with Crippen molar-refractivity contribution in [2.45, 2.75) is 6.92 Å². The summed E-state index contributed by atoms with van der Waals surface area (Å²) in [5.74, 6) is -0.439. The lowest BCUT2D eigenvalue weighted by Crippen LogP contribution is -2.41. The number of hydrazine groups is 1. The molecule has 1 aromatic heterocycles. The van der Waals surface area contributed by atoms with E-state index in [2.05, 4.69) is 15.8 Å². The van der Waals surface area contributed by atoms with Gasteiger partial charge in [-0.1, -0.05) is 42.5 Å². The van der Waals surface area contributed by atoms with Gasteiger partial charge in [-0.2, -0.15) is 0 Å². The Labute approximate surface area is 154 Å². The molecule has 132 valence electrons. The fraction of sp³-hybridized carbons (Fsp3) is 0.105. The maximum Gasteiger partial charge on any atom is 0.281 e. The Morgan fingerprint density at radius 1 is 0.962 bits per heavy atom. The number of nitrogens with zero attached hydrogens (tertiary/aromatic N) is 1. The van der Waals surface area contributed by atoms with Gasteiger partial charge in [0.1, 0.15) is 15.6 Å². The fourth-order valence-corrected chi connectivity index (χ4v) is 3.35. The molecule has 0 saturated carbocycles. The second-order valence-electron chi connectivity index (χ2n) is 5.41. The predicted octanol–water partition coefficient (Wildman–Crippen LogP) is 3.20. The molecule has 0 aliphatic rings. The molecule has 0 atom stereocenters. The first kappa shape index (κ1) is 17.6. The van der Waals surface area contributed by atoms with E-state index in [0.717, 1.165) is 10.6 Å². The summed E-state index contributed by atoms with van der Waals surface area (Å²) in [5, 5.41) is 0.754. The van der Waals surface area contributed by atoms with Gasteiger partial charge in [-0.15, -0.1) is 11.3 Å². The van der Waals surface area contributed by atoms with Gasteiger partial charge in [-0.25, -0.2) is 4.98 Å². The van der Waals surface area contributed by atoms with Gasteiger partial charge >= 0.3 is 0 Å². The molecule has 0 aliphatic carbocycles. The minimum absolute atomic E-state index is 0.335. The number of benzene rings is 2. The summed E-state index contributed by atoms with van der Waals surface area (Å²) in [6.07, 6.45) is 0. The smallest absolute Gasteiger partial charge is 0.281 e. The van der Waals surface area contributed by atoms with Crippen LogP contribution in [0.1, 0.15) is 25.7 Å². The number of methoxy groups -OCH3 is 1. The van der Waals surface area contributed by atoms with Crippen molar-refractivity contribution in [2.24, 2.45) is 0 Å². The number of rotatable bonds is 4. The topological polar surface area (TPSA) is 80.3 Å². The van der Waals surface area contributed by atoms with Crippen LogP contribution in [-0.4, -0.2) is 23.9 Å². The zero-order chi connectivity index (χ0) is 18.5. The highest BCUT2D eigenvalue weighted by Crippen LogP contribution is 2.27. The van der Waals surface area contributed by atoms with Gasteiger partial charge in [0, 0.05) is 5.56 Å². The molecule has 0 saturated heterocycles. The average molecular weight is 367 g/mol. The number of carbonyl (C=O) groups is 2. The number of para-hydroxylation sites is 1. The summed E-state index contributed by atoms with van der Waals surface area (Å²) >= 11 is 1.28. The summed E-state index contributed by atoms with van der Waals surface area (Å²) < 4.78 is 5.15. The van der Waals surface area contributed by atoms with E-state index in [4.69, 9.17) is 4.74 Å². The van der Waals surface area contributed by atoms with Gasteiger partial charge in [0.2, 0.25) is 0 Å². The summed E-state index contributed by atoms with van der Waals surface area (Å²) in [7, 11) is 1.48. The van der Waals surface area contributed by atoms with E-state index in [1.165, 1.54) is 18.4 Å². The first-order valence-corrected chi connectivity index (χ1v) is 8.68. The Balaban J connectivity index is 1.71. The van der Waals surface area contributed by atoms with Crippen molar-refractivity contribution in [3.63, 3.8) is 0 Å². The average Bonchev–Trinajstić information content (AvgIpc) is 3.08. The molecule has 6 nitrogen and oxygen atoms in total. The van der Waals surface area contributed by atoms with E-state index < -0.39 is 11.8 Å². The van der Waals surface area contributed by atoms with Crippen molar-refractivity contribution in [3.05, 3.63) is 70.7 Å². The molecule has 0 aliphatic heterocycles. The lowest BCUT2D eigenvalue weighted by atomic mass is 10.2. The number of aryl methyl sites for hydroxylation is 1. The highest BCUT2D eigenvalue weighted by molar-refractivity contribution is 7.17. The van der Waals surface area contributed by atoms with Crippen LogP contribution in [0, 0.1) is 6.92 Å². The van der Waals surface area contributed by atoms with Crippen LogP contribution in [0.4, 0.5) is 0 Å². The van der Waals surface area contributed by atoms with E-state index >= 15 is 0 Å². The van der Waals surface area contributed by atoms with Crippen molar-refractivity contribution in [2.75, 3.05) is 7.11 Å². The maximum atomic E-state index is 12.4. The zero-order valence-electron chi connectivity index (χ0n) is 14.3. The molecular formula is C19H17N3O3S. The molecule has 3 aromatic rings. The molecule has 0 fully saturated rings. The number of carbonyl (C=O) groups excluding carboxylic acids is 2. The second-order valence-corrected chi connectivity index (χ2v) is 6.41. The van der Waals surface area contributed by atoms with Crippen molar-refractivity contribution >= 4 is 23.2 Å². The molecule has 0 spiro atoms. The van der Waals surface area contributed by atoms with Gasteiger partial charge in [0.05, 0.1) is 18.4 Å². The van der Waals surface area contributed by atoms with Gasteiger partial charge in [-0.3, -0.25) is 20.4 Å². The lowest BCUT2D eigenvalue weighted by molar-refractivity contribution is 0.0846. The molecule has 7 heteroatoms. The molecule has 26 heavy (non-hydrogen) atoms. The SMILES string of the molecule is COc1ccccc1C(=O)NNC(=O)c1sc(-c2ccccc2)nc1C. The van der Waals surface area contributed by atoms with Crippen molar-refractivity contribution in [1.82, 2.24) is 15.8 Å². The van der Waals surface area contributed by atoms with Crippen LogP contribution < -0.4 is 15.6 Å². The van der Waals surface area contributed by atoms with Gasteiger partial charge in [-0.05, 0) is 19.1 Å². The number of aromatic nitrogens is 1. The first-order chi connectivity index (χ1) is 12.6. The van der Waals surface area contributed by atoms with Crippen LogP contribution in [0.25, 0.3) is 10.6 Å². The van der Waals surface area contributed by atoms with Crippen LogP contribution in [0.3, 0.4) is 0 Å².